The van der Waals surface area contributed by atoms with Gasteiger partial charge < -0.3 is 20.1 Å². The van der Waals surface area contributed by atoms with Gasteiger partial charge in [-0.05, 0) is 37.1 Å². The molecule has 0 aliphatic carbocycles. The van der Waals surface area contributed by atoms with Crippen LogP contribution >= 0.6 is 0 Å². The van der Waals surface area contributed by atoms with E-state index in [-0.39, 0.29) is 12.5 Å². The van der Waals surface area contributed by atoms with Gasteiger partial charge >= 0.3 is 0 Å². The highest BCUT2D eigenvalue weighted by molar-refractivity contribution is 5.77. The van der Waals surface area contributed by atoms with E-state index in [9.17, 15) is 4.79 Å². The summed E-state index contributed by atoms with van der Waals surface area (Å²) in [5.74, 6) is 1.09. The van der Waals surface area contributed by atoms with Crippen LogP contribution in [0.3, 0.4) is 0 Å². The number of carbonyl (C=O) groups excluding carboxylic acids is 1. The van der Waals surface area contributed by atoms with Crippen molar-refractivity contribution in [2.75, 3.05) is 19.7 Å². The first-order valence-corrected chi connectivity index (χ1v) is 8.70. The van der Waals surface area contributed by atoms with Gasteiger partial charge in [-0.25, -0.2) is 0 Å². The Bertz CT molecular complexity index is 670. The van der Waals surface area contributed by atoms with Crippen LogP contribution in [-0.2, 0) is 11.4 Å². The minimum atomic E-state index is -0.119. The second-order valence-electron chi connectivity index (χ2n) is 6.11. The van der Waals surface area contributed by atoms with E-state index in [2.05, 4.69) is 10.6 Å². The predicted molar refractivity (Wildman–Crippen MR) is 96.7 cm³/mol. The van der Waals surface area contributed by atoms with E-state index >= 15 is 0 Å². The fraction of sp³-hybridized carbons (Fsp3) is 0.350. The largest absolute Gasteiger partial charge is 0.485 e. The quantitative estimate of drug-likeness (QED) is 0.775. The van der Waals surface area contributed by atoms with Crippen LogP contribution in [0.1, 0.15) is 18.4 Å². The van der Waals surface area contributed by atoms with E-state index in [0.717, 1.165) is 18.5 Å². The maximum Gasteiger partial charge on any atom is 0.257 e. The van der Waals surface area contributed by atoms with Gasteiger partial charge in [0.15, 0.2) is 18.1 Å². The van der Waals surface area contributed by atoms with Gasteiger partial charge in [0.2, 0.25) is 0 Å². The van der Waals surface area contributed by atoms with Gasteiger partial charge in [-0.1, -0.05) is 42.5 Å². The van der Waals surface area contributed by atoms with Crippen LogP contribution in [0, 0.1) is 0 Å². The molecule has 5 nitrogen and oxygen atoms in total. The minimum Gasteiger partial charge on any atom is -0.485 e. The topological polar surface area (TPSA) is 59.6 Å². The molecule has 3 rings (SSSR count). The maximum atomic E-state index is 12.0. The van der Waals surface area contributed by atoms with Crippen LogP contribution in [0.15, 0.2) is 54.6 Å². The second kappa shape index (κ2) is 9.08. The number of nitrogens with one attached hydrogen (secondary N) is 2. The standard InChI is InChI=1S/C20H24N2O3/c23-20(22-13-17-9-6-12-21-17)15-25-19-11-5-4-10-18(19)24-14-16-7-2-1-3-8-16/h1-5,7-8,10-11,17,21H,6,9,12-15H2,(H,22,23). The van der Waals surface area contributed by atoms with Crippen molar-refractivity contribution in [2.45, 2.75) is 25.5 Å². The molecule has 1 saturated heterocycles. The minimum absolute atomic E-state index is 0.0154. The van der Waals surface area contributed by atoms with Crippen molar-refractivity contribution in [3.8, 4) is 11.5 Å². The number of hydrogen-bond acceptors (Lipinski definition) is 4. The van der Waals surface area contributed by atoms with Crippen molar-refractivity contribution in [3.63, 3.8) is 0 Å². The molecule has 2 aromatic rings. The van der Waals surface area contributed by atoms with E-state index < -0.39 is 0 Å². The molecule has 0 radical (unpaired) electrons. The van der Waals surface area contributed by atoms with Gasteiger partial charge in [0.1, 0.15) is 6.61 Å². The fourth-order valence-electron chi connectivity index (χ4n) is 2.79. The summed E-state index contributed by atoms with van der Waals surface area (Å²) in [5.41, 5.74) is 1.08. The van der Waals surface area contributed by atoms with Gasteiger partial charge in [0.05, 0.1) is 0 Å². The van der Waals surface area contributed by atoms with Gasteiger partial charge in [-0.3, -0.25) is 4.79 Å². The van der Waals surface area contributed by atoms with E-state index in [1.807, 2.05) is 54.6 Å². The van der Waals surface area contributed by atoms with Crippen molar-refractivity contribution >= 4 is 5.91 Å². The Morgan fingerprint density at radius 2 is 1.76 bits per heavy atom. The molecule has 0 aromatic heterocycles. The zero-order chi connectivity index (χ0) is 17.3. The van der Waals surface area contributed by atoms with E-state index in [1.54, 1.807) is 0 Å². The Balaban J connectivity index is 1.47. The first-order chi connectivity index (χ1) is 12.3. The van der Waals surface area contributed by atoms with Crippen molar-refractivity contribution in [1.82, 2.24) is 10.6 Å². The van der Waals surface area contributed by atoms with Gasteiger partial charge in [-0.2, -0.15) is 0 Å². The second-order valence-corrected chi connectivity index (χ2v) is 6.11. The van der Waals surface area contributed by atoms with Crippen molar-refractivity contribution in [2.24, 2.45) is 0 Å². The summed E-state index contributed by atoms with van der Waals surface area (Å²) >= 11 is 0. The Morgan fingerprint density at radius 3 is 2.48 bits per heavy atom. The number of benzene rings is 2. The Labute approximate surface area is 148 Å². The van der Waals surface area contributed by atoms with Crippen LogP contribution in [-0.4, -0.2) is 31.6 Å². The molecule has 1 aliphatic rings. The Hall–Kier alpha value is -2.53. The van der Waals surface area contributed by atoms with Gasteiger partial charge in [0, 0.05) is 12.6 Å². The number of rotatable bonds is 8. The average Bonchev–Trinajstić information content (AvgIpc) is 3.18. The maximum absolute atomic E-state index is 12.0. The number of amides is 1. The zero-order valence-corrected chi connectivity index (χ0v) is 14.2. The van der Waals surface area contributed by atoms with Gasteiger partial charge in [-0.15, -0.1) is 0 Å². The molecule has 2 N–H and O–H groups in total. The molecule has 0 saturated carbocycles. The first kappa shape index (κ1) is 17.3. The third-order valence-electron chi connectivity index (χ3n) is 4.15. The SMILES string of the molecule is O=C(COc1ccccc1OCc1ccccc1)NCC1CCCN1. The Kier molecular flexibility index (Phi) is 6.29. The van der Waals surface area contributed by atoms with Crippen molar-refractivity contribution < 1.29 is 14.3 Å². The monoisotopic (exact) mass is 340 g/mol. The fourth-order valence-corrected chi connectivity index (χ4v) is 2.79. The van der Waals surface area contributed by atoms with Crippen LogP contribution in [0.5, 0.6) is 11.5 Å². The highest BCUT2D eigenvalue weighted by Crippen LogP contribution is 2.27. The van der Waals surface area contributed by atoms with E-state index in [1.165, 1.54) is 6.42 Å². The first-order valence-electron chi connectivity index (χ1n) is 8.70. The molecule has 5 heteroatoms. The van der Waals surface area contributed by atoms with Crippen LogP contribution in [0.4, 0.5) is 0 Å². The van der Waals surface area contributed by atoms with Crippen LogP contribution < -0.4 is 20.1 Å². The molecule has 1 amide bonds. The third-order valence-corrected chi connectivity index (χ3v) is 4.15. The summed E-state index contributed by atoms with van der Waals surface area (Å²) in [5, 5.41) is 6.26. The summed E-state index contributed by atoms with van der Waals surface area (Å²) in [6.45, 7) is 2.12. The summed E-state index contributed by atoms with van der Waals surface area (Å²) in [7, 11) is 0. The lowest BCUT2D eigenvalue weighted by Gasteiger charge is -2.14. The lowest BCUT2D eigenvalue weighted by Crippen LogP contribution is -2.39. The van der Waals surface area contributed by atoms with E-state index in [4.69, 9.17) is 9.47 Å². The Morgan fingerprint density at radius 1 is 1.04 bits per heavy atom. The average molecular weight is 340 g/mol. The van der Waals surface area contributed by atoms with Crippen molar-refractivity contribution in [3.05, 3.63) is 60.2 Å². The molecule has 25 heavy (non-hydrogen) atoms. The predicted octanol–water partition coefficient (Wildman–Crippen LogP) is 2.51. The molecular formula is C20H24N2O3. The summed E-state index contributed by atoms with van der Waals surface area (Å²) in [6, 6.07) is 17.7. The molecule has 0 bridgehead atoms. The molecule has 1 fully saturated rings. The molecular weight excluding hydrogens is 316 g/mol. The zero-order valence-electron chi connectivity index (χ0n) is 14.2. The normalized spacial score (nSPS) is 16.4. The summed E-state index contributed by atoms with van der Waals surface area (Å²) in [4.78, 5) is 12.0. The van der Waals surface area contributed by atoms with Gasteiger partial charge in [0.25, 0.3) is 5.91 Å². The lowest BCUT2D eigenvalue weighted by molar-refractivity contribution is -0.123. The summed E-state index contributed by atoms with van der Waals surface area (Å²) < 4.78 is 11.5. The number of ether oxygens (including phenoxy) is 2. The molecule has 1 unspecified atom stereocenters. The highest BCUT2D eigenvalue weighted by atomic mass is 16.5. The van der Waals surface area contributed by atoms with Crippen LogP contribution in [0.25, 0.3) is 0 Å². The smallest absolute Gasteiger partial charge is 0.257 e. The van der Waals surface area contributed by atoms with Crippen LogP contribution in [0.2, 0.25) is 0 Å². The molecule has 1 aliphatic heterocycles. The molecule has 132 valence electrons. The number of carbonyl (C=O) groups is 1. The van der Waals surface area contributed by atoms with E-state index in [0.29, 0.717) is 30.7 Å². The summed E-state index contributed by atoms with van der Waals surface area (Å²) in [6.07, 6.45) is 2.28. The number of hydrogen-bond donors (Lipinski definition) is 2. The highest BCUT2D eigenvalue weighted by Gasteiger charge is 2.15. The number of para-hydroxylation sites is 2. The lowest BCUT2D eigenvalue weighted by atomic mass is 10.2. The molecule has 2 aromatic carbocycles. The third kappa shape index (κ3) is 5.50. The van der Waals surface area contributed by atoms with Crippen molar-refractivity contribution in [1.29, 1.82) is 0 Å². The molecule has 1 heterocycles. The molecule has 0 spiro atoms. The molecule has 1 atom stereocenters.